The summed E-state index contributed by atoms with van der Waals surface area (Å²) in [6.45, 7) is 2.95. The van der Waals surface area contributed by atoms with Gasteiger partial charge in [-0.15, -0.1) is 0 Å². The minimum Gasteiger partial charge on any atom is -0.310 e. The third kappa shape index (κ3) is 2.00. The maximum Gasteiger partial charge on any atom is 0.345 e. The van der Waals surface area contributed by atoms with Gasteiger partial charge in [-0.25, -0.2) is 4.79 Å². The van der Waals surface area contributed by atoms with Crippen LogP contribution in [0.5, 0.6) is 0 Å². The zero-order valence-electron chi connectivity index (χ0n) is 10.1. The van der Waals surface area contributed by atoms with Crippen LogP contribution in [0.25, 0.3) is 0 Å². The fourth-order valence-corrected chi connectivity index (χ4v) is 2.87. The van der Waals surface area contributed by atoms with Gasteiger partial charge in [0.15, 0.2) is 0 Å². The predicted octanol–water partition coefficient (Wildman–Crippen LogP) is -0.165. The molecule has 0 amide bonds. The van der Waals surface area contributed by atoms with E-state index in [4.69, 9.17) is 0 Å². The van der Waals surface area contributed by atoms with Gasteiger partial charge in [-0.05, 0) is 31.9 Å². The Morgan fingerprint density at radius 1 is 1.41 bits per heavy atom. The Balaban J connectivity index is 1.99. The van der Waals surface area contributed by atoms with Gasteiger partial charge < -0.3 is 15.2 Å². The topological polar surface area (TPSA) is 61.0 Å². The molecule has 2 heterocycles. The second kappa shape index (κ2) is 4.23. The zero-order chi connectivity index (χ0) is 11.8. The summed E-state index contributed by atoms with van der Waals surface area (Å²) in [5.74, 6) is 0. The highest BCUT2D eigenvalue weighted by Crippen LogP contribution is 2.26. The van der Waals surface area contributed by atoms with Crippen LogP contribution in [-0.2, 0) is 12.8 Å². The van der Waals surface area contributed by atoms with Gasteiger partial charge in [0.05, 0.1) is 11.7 Å². The van der Waals surface area contributed by atoms with Crippen LogP contribution in [0.15, 0.2) is 4.79 Å². The van der Waals surface area contributed by atoms with Crippen molar-refractivity contribution in [3.05, 3.63) is 27.4 Å². The molecule has 5 nitrogen and oxygen atoms in total. The van der Waals surface area contributed by atoms with Crippen LogP contribution in [0.2, 0.25) is 0 Å². The Morgan fingerprint density at radius 3 is 3.12 bits per heavy atom. The molecular weight excluding hydrogens is 216 g/mol. The summed E-state index contributed by atoms with van der Waals surface area (Å²) >= 11 is 0. The minimum atomic E-state index is -0.198. The predicted molar refractivity (Wildman–Crippen MR) is 65.1 cm³/mol. The summed E-state index contributed by atoms with van der Waals surface area (Å²) in [5.41, 5.74) is 3.16. The van der Waals surface area contributed by atoms with Crippen molar-refractivity contribution in [1.82, 2.24) is 20.2 Å². The Morgan fingerprint density at radius 2 is 2.29 bits per heavy atom. The Hall–Kier alpha value is -1.20. The first kappa shape index (κ1) is 10.9. The van der Waals surface area contributed by atoms with Crippen LogP contribution in [0.1, 0.15) is 29.4 Å². The van der Waals surface area contributed by atoms with Crippen LogP contribution in [-0.4, -0.2) is 41.5 Å². The molecule has 17 heavy (non-hydrogen) atoms. The van der Waals surface area contributed by atoms with Crippen molar-refractivity contribution in [2.75, 3.05) is 26.7 Å². The van der Waals surface area contributed by atoms with Crippen LogP contribution < -0.4 is 11.0 Å². The maximum absolute atomic E-state index is 11.6. The minimum absolute atomic E-state index is 0.198. The van der Waals surface area contributed by atoms with Crippen molar-refractivity contribution < 1.29 is 0 Å². The van der Waals surface area contributed by atoms with Crippen molar-refractivity contribution in [2.45, 2.75) is 25.3 Å². The fourth-order valence-electron chi connectivity index (χ4n) is 2.87. The first-order valence-electron chi connectivity index (χ1n) is 6.28. The normalized spacial score (nSPS) is 24.9. The standard InChI is InChI=1S/C12H18N4O/c1-16-6-5-13-10(7-16)11-8-3-2-4-9(8)14-12(17)15-11/h10,13H,2-7H2,1H3,(H,14,15,17). The molecule has 3 rings (SSSR count). The number of fused-ring (bicyclic) bond motifs is 1. The number of rotatable bonds is 1. The second-order valence-electron chi connectivity index (χ2n) is 5.01. The van der Waals surface area contributed by atoms with E-state index in [-0.39, 0.29) is 11.7 Å². The van der Waals surface area contributed by atoms with Gasteiger partial charge in [0.1, 0.15) is 0 Å². The number of nitrogens with one attached hydrogen (secondary N) is 2. The van der Waals surface area contributed by atoms with Crippen molar-refractivity contribution in [3.63, 3.8) is 0 Å². The van der Waals surface area contributed by atoms with E-state index in [0.717, 1.165) is 50.3 Å². The molecule has 1 saturated heterocycles. The molecule has 1 atom stereocenters. The molecule has 0 spiro atoms. The quantitative estimate of drug-likeness (QED) is 0.708. The lowest BCUT2D eigenvalue weighted by Crippen LogP contribution is -2.45. The number of hydrogen-bond acceptors (Lipinski definition) is 4. The molecule has 1 unspecified atom stereocenters. The van der Waals surface area contributed by atoms with Crippen LogP contribution >= 0.6 is 0 Å². The van der Waals surface area contributed by atoms with E-state index in [2.05, 4.69) is 27.2 Å². The molecule has 5 heteroatoms. The summed E-state index contributed by atoms with van der Waals surface area (Å²) in [6.07, 6.45) is 3.17. The Labute approximate surface area is 100 Å². The molecule has 1 aromatic rings. The molecule has 1 fully saturated rings. The van der Waals surface area contributed by atoms with Crippen LogP contribution in [0.3, 0.4) is 0 Å². The van der Waals surface area contributed by atoms with Gasteiger partial charge in [0.25, 0.3) is 0 Å². The van der Waals surface area contributed by atoms with Crippen molar-refractivity contribution in [1.29, 1.82) is 0 Å². The smallest absolute Gasteiger partial charge is 0.310 e. The number of piperazine rings is 1. The molecular formula is C12H18N4O. The molecule has 0 aromatic carbocycles. The summed E-state index contributed by atoms with van der Waals surface area (Å²) in [5, 5.41) is 3.47. The zero-order valence-corrected chi connectivity index (χ0v) is 10.1. The lowest BCUT2D eigenvalue weighted by atomic mass is 10.0. The number of aryl methyl sites for hydroxylation is 1. The average Bonchev–Trinajstić information content (AvgIpc) is 2.75. The molecule has 0 bridgehead atoms. The molecule has 1 aliphatic carbocycles. The van der Waals surface area contributed by atoms with Gasteiger partial charge in [0, 0.05) is 25.3 Å². The average molecular weight is 234 g/mol. The van der Waals surface area contributed by atoms with Crippen LogP contribution in [0.4, 0.5) is 0 Å². The first-order chi connectivity index (χ1) is 8.24. The van der Waals surface area contributed by atoms with Gasteiger partial charge >= 0.3 is 5.69 Å². The Kier molecular flexibility index (Phi) is 2.72. The van der Waals surface area contributed by atoms with Gasteiger partial charge in [-0.2, -0.15) is 4.98 Å². The van der Waals surface area contributed by atoms with E-state index < -0.39 is 0 Å². The van der Waals surface area contributed by atoms with E-state index >= 15 is 0 Å². The third-order valence-electron chi connectivity index (χ3n) is 3.72. The number of aromatic nitrogens is 2. The number of aromatic amines is 1. The van der Waals surface area contributed by atoms with E-state index in [1.165, 1.54) is 5.56 Å². The molecule has 0 saturated carbocycles. The molecule has 2 N–H and O–H groups in total. The third-order valence-corrected chi connectivity index (χ3v) is 3.72. The molecule has 2 aliphatic rings. The van der Waals surface area contributed by atoms with Gasteiger partial charge in [0.2, 0.25) is 0 Å². The molecule has 0 radical (unpaired) electrons. The largest absolute Gasteiger partial charge is 0.345 e. The van der Waals surface area contributed by atoms with Crippen molar-refractivity contribution in [2.24, 2.45) is 0 Å². The summed E-state index contributed by atoms with van der Waals surface area (Å²) in [7, 11) is 2.11. The monoisotopic (exact) mass is 234 g/mol. The highest BCUT2D eigenvalue weighted by atomic mass is 16.1. The van der Waals surface area contributed by atoms with E-state index in [9.17, 15) is 4.79 Å². The van der Waals surface area contributed by atoms with E-state index in [1.807, 2.05) is 0 Å². The molecule has 92 valence electrons. The Bertz CT molecular complexity index is 482. The maximum atomic E-state index is 11.6. The van der Waals surface area contributed by atoms with Gasteiger partial charge in [-0.3, -0.25) is 0 Å². The number of H-pyrrole nitrogens is 1. The molecule has 1 aliphatic heterocycles. The number of likely N-dealkylation sites (N-methyl/N-ethyl adjacent to an activating group) is 1. The number of hydrogen-bond donors (Lipinski definition) is 2. The van der Waals surface area contributed by atoms with Crippen molar-refractivity contribution >= 4 is 0 Å². The lowest BCUT2D eigenvalue weighted by Gasteiger charge is -2.31. The lowest BCUT2D eigenvalue weighted by molar-refractivity contribution is 0.237. The number of nitrogens with zero attached hydrogens (tertiary/aromatic N) is 2. The first-order valence-corrected chi connectivity index (χ1v) is 6.28. The summed E-state index contributed by atoms with van der Waals surface area (Å²) in [4.78, 5) is 20.9. The van der Waals surface area contributed by atoms with Crippen molar-refractivity contribution in [3.8, 4) is 0 Å². The fraction of sp³-hybridized carbons (Fsp3) is 0.667. The summed E-state index contributed by atoms with van der Waals surface area (Å²) in [6, 6.07) is 0.211. The summed E-state index contributed by atoms with van der Waals surface area (Å²) < 4.78 is 0. The molecule has 1 aromatic heterocycles. The highest BCUT2D eigenvalue weighted by Gasteiger charge is 2.26. The van der Waals surface area contributed by atoms with Crippen LogP contribution in [0, 0.1) is 0 Å². The van der Waals surface area contributed by atoms with E-state index in [0.29, 0.717) is 0 Å². The highest BCUT2D eigenvalue weighted by molar-refractivity contribution is 5.31. The SMILES string of the molecule is CN1CCNC(c2nc(=O)[nH]c3c2CCC3)C1. The van der Waals surface area contributed by atoms with Gasteiger partial charge in [-0.1, -0.05) is 0 Å². The van der Waals surface area contributed by atoms with E-state index in [1.54, 1.807) is 0 Å². The second-order valence-corrected chi connectivity index (χ2v) is 5.01.